The second-order valence-electron chi connectivity index (χ2n) is 15.2. The molecule has 2 aliphatic heterocycles. The van der Waals surface area contributed by atoms with Gasteiger partial charge in [0, 0.05) is 50.0 Å². The first-order valence-corrected chi connectivity index (χ1v) is 20.4. The number of hydrogen-bond acceptors (Lipinski definition) is 2. The molecule has 0 spiro atoms. The molecule has 0 aromatic heterocycles. The van der Waals surface area contributed by atoms with E-state index in [4.69, 9.17) is 11.6 Å². The van der Waals surface area contributed by atoms with Gasteiger partial charge >= 0.3 is 0 Å². The van der Waals surface area contributed by atoms with E-state index in [-0.39, 0.29) is 12.5 Å². The summed E-state index contributed by atoms with van der Waals surface area (Å²) in [4.78, 5) is 4.31. The highest BCUT2D eigenvalue weighted by atomic mass is 35.5. The first-order valence-electron chi connectivity index (χ1n) is 20.0. The van der Waals surface area contributed by atoms with Gasteiger partial charge in [0.05, 0.1) is 11.4 Å². The van der Waals surface area contributed by atoms with Crippen LogP contribution in [0.2, 0.25) is 5.02 Å². The van der Waals surface area contributed by atoms with Crippen molar-refractivity contribution < 1.29 is 8.78 Å². The van der Waals surface area contributed by atoms with Crippen molar-refractivity contribution in [3.8, 4) is 44.5 Å². The van der Waals surface area contributed by atoms with E-state index in [0.717, 1.165) is 78.0 Å². The van der Waals surface area contributed by atoms with Crippen molar-refractivity contribution in [3.05, 3.63) is 223 Å². The summed E-state index contributed by atoms with van der Waals surface area (Å²) in [6, 6.07) is 67.9. The summed E-state index contributed by atoms with van der Waals surface area (Å²) in [5.41, 5.74) is 15.2. The molecule has 60 heavy (non-hydrogen) atoms. The molecular formula is C54H34BClF2N2. The number of halogens is 3. The minimum atomic E-state index is -0.417. The van der Waals surface area contributed by atoms with E-state index in [1.165, 1.54) is 6.07 Å². The molecule has 2 aliphatic rings. The van der Waals surface area contributed by atoms with Gasteiger partial charge in [0.15, 0.2) is 0 Å². The average molecular weight is 795 g/mol. The number of fused-ring (bicyclic) bond motifs is 4. The largest absolute Gasteiger partial charge is 0.310 e. The van der Waals surface area contributed by atoms with Crippen molar-refractivity contribution in [3.63, 3.8) is 0 Å². The number of benzene rings is 9. The van der Waals surface area contributed by atoms with E-state index in [0.29, 0.717) is 22.1 Å². The molecule has 9 aromatic rings. The summed E-state index contributed by atoms with van der Waals surface area (Å²) in [6.45, 7) is -0.376. The monoisotopic (exact) mass is 794 g/mol. The van der Waals surface area contributed by atoms with E-state index < -0.39 is 5.82 Å². The number of hydrogen-bond donors (Lipinski definition) is 0. The maximum atomic E-state index is 17.1. The van der Waals surface area contributed by atoms with E-state index in [1.54, 1.807) is 18.2 Å². The molecule has 0 unspecified atom stereocenters. The predicted molar refractivity (Wildman–Crippen MR) is 247 cm³/mol. The molecule has 0 N–H and O–H groups in total. The number of rotatable bonds is 6. The maximum absolute atomic E-state index is 17.1. The SMILES string of the molecule is Fc1ccc2c(c1)N(c1c(-c3ccccc3)cccc1-c1ccccc1)c1cc(F)cc3c1B2c1ccc(Cl)cc1N3c1c(-c2ccccc2)cccc1-c1ccccc1. The molecule has 0 saturated heterocycles. The van der Waals surface area contributed by atoms with Gasteiger partial charge in [-0.25, -0.2) is 8.78 Å². The topological polar surface area (TPSA) is 6.48 Å². The molecule has 2 nitrogen and oxygen atoms in total. The molecule has 9 aromatic carbocycles. The fourth-order valence-electron chi connectivity index (χ4n) is 9.36. The molecule has 0 amide bonds. The van der Waals surface area contributed by atoms with Gasteiger partial charge in [-0.05, 0) is 75.0 Å². The molecule has 0 atom stereocenters. The third-order valence-electron chi connectivity index (χ3n) is 11.8. The van der Waals surface area contributed by atoms with Crippen LogP contribution >= 0.6 is 11.6 Å². The molecule has 2 heterocycles. The van der Waals surface area contributed by atoms with E-state index in [2.05, 4.69) is 101 Å². The van der Waals surface area contributed by atoms with Gasteiger partial charge in [-0.2, -0.15) is 0 Å². The molecule has 6 heteroatoms. The molecular weight excluding hydrogens is 761 g/mol. The molecule has 284 valence electrons. The minimum absolute atomic E-state index is 0.376. The summed E-state index contributed by atoms with van der Waals surface area (Å²) >= 11 is 6.95. The van der Waals surface area contributed by atoms with Crippen LogP contribution in [0.15, 0.2) is 206 Å². The Balaban J connectivity index is 1.28. The fraction of sp³-hybridized carbons (Fsp3) is 0. The van der Waals surface area contributed by atoms with Crippen LogP contribution in [0.5, 0.6) is 0 Å². The smallest absolute Gasteiger partial charge is 0.252 e. The Morgan fingerprint density at radius 2 is 0.717 bits per heavy atom. The summed E-state index contributed by atoms with van der Waals surface area (Å²) in [5, 5.41) is 0.554. The van der Waals surface area contributed by atoms with E-state index >= 15 is 8.78 Å². The zero-order chi connectivity index (χ0) is 40.3. The number of para-hydroxylation sites is 2. The standard InChI is InChI=1S/C54H34BClF2N2/c56-39-27-29-46-48(31-39)59(53-42(35-15-5-1-6-16-35)23-13-24-43(53)36-17-7-2-8-18-36)50-33-41(58)34-51-52(50)55(46)47-30-28-40(57)32-49(47)60(51)54-44(37-19-9-3-10-20-37)25-14-26-45(54)38-21-11-4-12-22-38/h1-34H. The van der Waals surface area contributed by atoms with Crippen LogP contribution in [0.25, 0.3) is 44.5 Å². The normalized spacial score (nSPS) is 12.5. The number of nitrogens with zero attached hydrogens (tertiary/aromatic N) is 2. The Morgan fingerprint density at radius 3 is 1.13 bits per heavy atom. The Hall–Kier alpha value is -7.21. The van der Waals surface area contributed by atoms with Gasteiger partial charge in [0.25, 0.3) is 6.71 Å². The predicted octanol–water partition coefficient (Wildman–Crippen LogP) is 13.4. The summed E-state index contributed by atoms with van der Waals surface area (Å²) < 4.78 is 33.0. The van der Waals surface area contributed by atoms with Crippen LogP contribution in [-0.4, -0.2) is 6.71 Å². The lowest BCUT2D eigenvalue weighted by atomic mass is 9.33. The van der Waals surface area contributed by atoms with Crippen LogP contribution in [0.3, 0.4) is 0 Å². The quantitative estimate of drug-likeness (QED) is 0.155. The van der Waals surface area contributed by atoms with Gasteiger partial charge in [0.2, 0.25) is 0 Å². The third-order valence-corrected chi connectivity index (χ3v) is 12.1. The van der Waals surface area contributed by atoms with Crippen molar-refractivity contribution in [2.45, 2.75) is 0 Å². The molecule has 0 saturated carbocycles. The first kappa shape index (κ1) is 35.9. The summed E-state index contributed by atoms with van der Waals surface area (Å²) in [7, 11) is 0. The Bertz CT molecular complexity index is 2770. The van der Waals surface area contributed by atoms with E-state index in [1.807, 2.05) is 91.0 Å². The van der Waals surface area contributed by atoms with Crippen molar-refractivity contribution >= 4 is 68.8 Å². The Morgan fingerprint density at radius 1 is 0.350 bits per heavy atom. The minimum Gasteiger partial charge on any atom is -0.310 e. The average Bonchev–Trinajstić information content (AvgIpc) is 3.29. The highest BCUT2D eigenvalue weighted by molar-refractivity contribution is 7.00. The van der Waals surface area contributed by atoms with Crippen molar-refractivity contribution in [2.75, 3.05) is 9.80 Å². The van der Waals surface area contributed by atoms with Crippen molar-refractivity contribution in [2.24, 2.45) is 0 Å². The maximum Gasteiger partial charge on any atom is 0.252 e. The highest BCUT2D eigenvalue weighted by Gasteiger charge is 2.45. The molecule has 0 aliphatic carbocycles. The zero-order valence-electron chi connectivity index (χ0n) is 32.2. The molecule has 0 radical (unpaired) electrons. The first-order chi connectivity index (χ1) is 29.5. The van der Waals surface area contributed by atoms with Gasteiger partial charge in [0.1, 0.15) is 11.6 Å². The van der Waals surface area contributed by atoms with Gasteiger partial charge in [-0.1, -0.05) is 181 Å². The highest BCUT2D eigenvalue weighted by Crippen LogP contribution is 2.52. The van der Waals surface area contributed by atoms with Crippen molar-refractivity contribution in [1.82, 2.24) is 0 Å². The zero-order valence-corrected chi connectivity index (χ0v) is 33.0. The Labute approximate surface area is 353 Å². The van der Waals surface area contributed by atoms with Gasteiger partial charge < -0.3 is 9.80 Å². The van der Waals surface area contributed by atoms with Crippen LogP contribution in [0.4, 0.5) is 42.9 Å². The van der Waals surface area contributed by atoms with Crippen LogP contribution in [0, 0.1) is 11.6 Å². The van der Waals surface area contributed by atoms with Crippen LogP contribution in [0.1, 0.15) is 0 Å². The van der Waals surface area contributed by atoms with Gasteiger partial charge in [-0.15, -0.1) is 0 Å². The lowest BCUT2D eigenvalue weighted by Gasteiger charge is -2.45. The van der Waals surface area contributed by atoms with Crippen molar-refractivity contribution in [1.29, 1.82) is 0 Å². The van der Waals surface area contributed by atoms with Crippen LogP contribution in [-0.2, 0) is 0 Å². The molecule has 0 bridgehead atoms. The summed E-state index contributed by atoms with van der Waals surface area (Å²) in [6.07, 6.45) is 0. The lowest BCUT2D eigenvalue weighted by molar-refractivity contribution is 0.627. The molecule has 0 fully saturated rings. The lowest BCUT2D eigenvalue weighted by Crippen LogP contribution is -2.61. The second kappa shape index (κ2) is 14.6. The summed E-state index contributed by atoms with van der Waals surface area (Å²) in [5.74, 6) is -0.796. The van der Waals surface area contributed by atoms with Gasteiger partial charge in [-0.3, -0.25) is 0 Å². The molecule has 11 rings (SSSR count). The number of anilines is 6. The fourth-order valence-corrected chi connectivity index (χ4v) is 9.52. The van der Waals surface area contributed by atoms with E-state index in [9.17, 15) is 0 Å². The Kier molecular flexibility index (Phi) is 8.72. The van der Waals surface area contributed by atoms with Crippen LogP contribution < -0.4 is 26.2 Å². The third kappa shape index (κ3) is 5.84. The second-order valence-corrected chi connectivity index (χ2v) is 15.7.